The highest BCUT2D eigenvalue weighted by molar-refractivity contribution is 7.98. The molecule has 4 heteroatoms. The molecular formula is C18H17NO2S. The van der Waals surface area contributed by atoms with Crippen LogP contribution in [0.2, 0.25) is 0 Å². The van der Waals surface area contributed by atoms with E-state index < -0.39 is 0 Å². The largest absolute Gasteiger partial charge is 0.540 e. The van der Waals surface area contributed by atoms with E-state index in [1.165, 1.54) is 4.90 Å². The summed E-state index contributed by atoms with van der Waals surface area (Å²) >= 11 is 1.68. The third kappa shape index (κ3) is 2.62. The van der Waals surface area contributed by atoms with Crippen LogP contribution in [0.25, 0.3) is 22.7 Å². The molecule has 0 radical (unpaired) electrons. The van der Waals surface area contributed by atoms with Crippen LogP contribution in [0.3, 0.4) is 0 Å². The van der Waals surface area contributed by atoms with Crippen LogP contribution < -0.4 is 9.67 Å². The van der Waals surface area contributed by atoms with Gasteiger partial charge in [-0.25, -0.2) is 0 Å². The summed E-state index contributed by atoms with van der Waals surface area (Å²) in [4.78, 5) is 1.17. The highest BCUT2D eigenvalue weighted by Crippen LogP contribution is 2.31. The Hall–Kier alpha value is -2.20. The first-order valence-corrected chi connectivity index (χ1v) is 8.40. The molecule has 22 heavy (non-hydrogen) atoms. The van der Waals surface area contributed by atoms with Gasteiger partial charge in [0.1, 0.15) is 12.5 Å². The van der Waals surface area contributed by atoms with E-state index in [9.17, 15) is 5.11 Å². The lowest BCUT2D eigenvalue weighted by molar-refractivity contribution is -0.675. The molecule has 0 bridgehead atoms. The molecule has 0 aliphatic rings. The standard InChI is InChI=1S/C18H17NO2S/c1-3-19-16(13-9-11-15(22-2)12-10-13)18(20)21-17(19)14-7-5-4-6-8-14/h4-12H,3H2,1-2H3. The van der Waals surface area contributed by atoms with Crippen molar-refractivity contribution in [1.82, 2.24) is 0 Å². The Labute approximate surface area is 134 Å². The molecule has 0 saturated carbocycles. The summed E-state index contributed by atoms with van der Waals surface area (Å²) in [5.74, 6) is 0.314. The zero-order valence-electron chi connectivity index (χ0n) is 12.6. The third-order valence-corrected chi connectivity index (χ3v) is 4.34. The van der Waals surface area contributed by atoms with Gasteiger partial charge in [-0.2, -0.15) is 4.57 Å². The molecule has 0 amide bonds. The normalized spacial score (nSPS) is 10.8. The molecule has 3 aromatic rings. The first-order chi connectivity index (χ1) is 10.7. The Morgan fingerprint density at radius 1 is 1.00 bits per heavy atom. The van der Waals surface area contributed by atoms with E-state index in [4.69, 9.17) is 4.42 Å². The lowest BCUT2D eigenvalue weighted by atomic mass is 10.1. The maximum Gasteiger partial charge on any atom is 0.269 e. The Morgan fingerprint density at radius 3 is 2.27 bits per heavy atom. The summed E-state index contributed by atoms with van der Waals surface area (Å²) < 4.78 is 7.47. The molecule has 0 spiro atoms. The number of aromatic nitrogens is 1. The van der Waals surface area contributed by atoms with E-state index in [0.29, 0.717) is 18.1 Å². The lowest BCUT2D eigenvalue weighted by Crippen LogP contribution is -2.35. The number of rotatable bonds is 4. The highest BCUT2D eigenvalue weighted by Gasteiger charge is 2.22. The zero-order chi connectivity index (χ0) is 15.5. The zero-order valence-corrected chi connectivity index (χ0v) is 13.4. The van der Waals surface area contributed by atoms with Crippen molar-refractivity contribution in [2.24, 2.45) is 0 Å². The SMILES string of the molecule is CC[n+]1c(-c2ccccc2)oc([O-])c1-c1ccc(SC)cc1. The monoisotopic (exact) mass is 311 g/mol. The van der Waals surface area contributed by atoms with E-state index in [1.807, 2.05) is 72.3 Å². The number of oxazole rings is 1. The molecule has 1 aromatic heterocycles. The second-order valence-electron chi connectivity index (χ2n) is 4.88. The summed E-state index contributed by atoms with van der Waals surface area (Å²) in [5, 5.41) is 12.4. The van der Waals surface area contributed by atoms with Gasteiger partial charge in [-0.3, -0.25) is 0 Å². The van der Waals surface area contributed by atoms with Gasteiger partial charge in [-0.15, -0.1) is 11.8 Å². The quantitative estimate of drug-likeness (QED) is 0.544. The van der Waals surface area contributed by atoms with Crippen LogP contribution in [-0.4, -0.2) is 6.26 Å². The number of thioether (sulfide) groups is 1. The molecule has 0 aliphatic carbocycles. The number of nitrogens with zero attached hydrogens (tertiary/aromatic N) is 1. The molecule has 0 atom stereocenters. The predicted molar refractivity (Wildman–Crippen MR) is 86.7 cm³/mol. The molecule has 0 unspecified atom stereocenters. The van der Waals surface area contributed by atoms with Crippen LogP contribution in [0.15, 0.2) is 63.9 Å². The third-order valence-electron chi connectivity index (χ3n) is 3.60. The Balaban J connectivity index is 2.13. The molecule has 1 heterocycles. The van der Waals surface area contributed by atoms with Gasteiger partial charge in [0, 0.05) is 10.5 Å². The number of hydrogen-bond donors (Lipinski definition) is 0. The van der Waals surface area contributed by atoms with E-state index in [-0.39, 0.29) is 5.95 Å². The average Bonchev–Trinajstić information content (AvgIpc) is 2.92. The Kier molecular flexibility index (Phi) is 4.20. The first-order valence-electron chi connectivity index (χ1n) is 7.18. The van der Waals surface area contributed by atoms with E-state index >= 15 is 0 Å². The molecular weight excluding hydrogens is 294 g/mol. The second kappa shape index (κ2) is 6.28. The van der Waals surface area contributed by atoms with Crippen LogP contribution in [0.5, 0.6) is 5.95 Å². The fraction of sp³-hybridized carbons (Fsp3) is 0.167. The van der Waals surface area contributed by atoms with Crippen LogP contribution in [0, 0.1) is 0 Å². The summed E-state index contributed by atoms with van der Waals surface area (Å²) in [6, 6.07) is 17.7. The maximum atomic E-state index is 12.4. The van der Waals surface area contributed by atoms with Gasteiger partial charge in [-0.05, 0) is 49.6 Å². The van der Waals surface area contributed by atoms with Crippen molar-refractivity contribution in [3.8, 4) is 28.7 Å². The van der Waals surface area contributed by atoms with Gasteiger partial charge in [0.05, 0.1) is 5.56 Å². The smallest absolute Gasteiger partial charge is 0.269 e. The van der Waals surface area contributed by atoms with Gasteiger partial charge in [0.15, 0.2) is 0 Å². The van der Waals surface area contributed by atoms with Gasteiger partial charge >= 0.3 is 0 Å². The highest BCUT2D eigenvalue weighted by atomic mass is 32.2. The molecule has 3 rings (SSSR count). The summed E-state index contributed by atoms with van der Waals surface area (Å²) in [7, 11) is 0. The predicted octanol–water partition coefficient (Wildman–Crippen LogP) is 3.72. The average molecular weight is 311 g/mol. The summed E-state index contributed by atoms with van der Waals surface area (Å²) in [6.45, 7) is 2.69. The van der Waals surface area contributed by atoms with Crippen molar-refractivity contribution in [2.45, 2.75) is 18.4 Å². The summed E-state index contributed by atoms with van der Waals surface area (Å²) in [6.07, 6.45) is 2.03. The van der Waals surface area contributed by atoms with Crippen molar-refractivity contribution in [3.05, 3.63) is 54.6 Å². The van der Waals surface area contributed by atoms with Gasteiger partial charge in [0.2, 0.25) is 5.69 Å². The van der Waals surface area contributed by atoms with Crippen LogP contribution >= 0.6 is 11.8 Å². The van der Waals surface area contributed by atoms with Crippen LogP contribution in [0.4, 0.5) is 0 Å². The minimum atomic E-state index is -0.294. The fourth-order valence-electron chi connectivity index (χ4n) is 2.52. The van der Waals surface area contributed by atoms with E-state index in [2.05, 4.69) is 0 Å². The van der Waals surface area contributed by atoms with Gasteiger partial charge in [0.25, 0.3) is 5.89 Å². The fourth-order valence-corrected chi connectivity index (χ4v) is 2.93. The molecule has 112 valence electrons. The Bertz CT molecular complexity index is 764. The lowest BCUT2D eigenvalue weighted by Gasteiger charge is -2.02. The van der Waals surface area contributed by atoms with Crippen molar-refractivity contribution in [2.75, 3.05) is 6.26 Å². The molecule has 0 aliphatic heterocycles. The number of benzene rings is 2. The molecule has 0 N–H and O–H groups in total. The van der Waals surface area contributed by atoms with Gasteiger partial charge in [-0.1, -0.05) is 18.2 Å². The maximum absolute atomic E-state index is 12.4. The molecule has 3 nitrogen and oxygen atoms in total. The second-order valence-corrected chi connectivity index (χ2v) is 5.76. The first kappa shape index (κ1) is 14.7. The topological polar surface area (TPSA) is 40.1 Å². The minimum absolute atomic E-state index is 0.294. The summed E-state index contributed by atoms with van der Waals surface area (Å²) in [5.41, 5.74) is 2.40. The van der Waals surface area contributed by atoms with Crippen LogP contribution in [-0.2, 0) is 6.54 Å². The minimum Gasteiger partial charge on any atom is -0.540 e. The molecule has 0 fully saturated rings. The molecule has 2 aromatic carbocycles. The van der Waals surface area contributed by atoms with Crippen molar-refractivity contribution in [1.29, 1.82) is 0 Å². The van der Waals surface area contributed by atoms with Gasteiger partial charge < -0.3 is 9.52 Å². The number of hydrogen-bond acceptors (Lipinski definition) is 3. The van der Waals surface area contributed by atoms with E-state index in [0.717, 1.165) is 11.1 Å². The van der Waals surface area contributed by atoms with Crippen molar-refractivity contribution in [3.63, 3.8) is 0 Å². The van der Waals surface area contributed by atoms with Crippen LogP contribution in [0.1, 0.15) is 6.92 Å². The molecule has 0 saturated heterocycles. The van der Waals surface area contributed by atoms with Crippen molar-refractivity contribution >= 4 is 11.8 Å². The Morgan fingerprint density at radius 2 is 1.68 bits per heavy atom. The van der Waals surface area contributed by atoms with Crippen molar-refractivity contribution < 1.29 is 14.1 Å². The van der Waals surface area contributed by atoms with E-state index in [1.54, 1.807) is 11.8 Å².